The van der Waals surface area contributed by atoms with Gasteiger partial charge in [-0.25, -0.2) is 13.2 Å². The molecule has 0 amide bonds. The molecule has 0 saturated carbocycles. The monoisotopic (exact) mass is 333 g/mol. The molecule has 5 nitrogen and oxygen atoms in total. The summed E-state index contributed by atoms with van der Waals surface area (Å²) in [6, 6.07) is 9.65. The molecule has 0 radical (unpaired) electrons. The molecule has 0 aliphatic heterocycles. The molecule has 0 atom stereocenters. The second kappa shape index (κ2) is 6.42. The number of nitrogens with one attached hydrogen (secondary N) is 1. The van der Waals surface area contributed by atoms with Gasteiger partial charge in [-0.2, -0.15) is 0 Å². The third-order valence-electron chi connectivity index (χ3n) is 3.70. The third kappa shape index (κ3) is 3.53. The Kier molecular flexibility index (Phi) is 4.75. The van der Waals surface area contributed by atoms with Crippen molar-refractivity contribution >= 4 is 21.7 Å². The molecular formula is C17H19NO4S. The highest BCUT2D eigenvalue weighted by Crippen LogP contribution is 2.26. The molecule has 23 heavy (non-hydrogen) atoms. The van der Waals surface area contributed by atoms with E-state index in [0.717, 1.165) is 11.1 Å². The lowest BCUT2D eigenvalue weighted by atomic mass is 10.1. The molecular weight excluding hydrogens is 314 g/mol. The number of sulfonamides is 1. The highest BCUT2D eigenvalue weighted by molar-refractivity contribution is 7.92. The van der Waals surface area contributed by atoms with Crippen LogP contribution >= 0.6 is 0 Å². The van der Waals surface area contributed by atoms with Crippen LogP contribution in [0.25, 0.3) is 0 Å². The van der Waals surface area contributed by atoms with Gasteiger partial charge in [-0.05, 0) is 49.1 Å². The van der Waals surface area contributed by atoms with E-state index in [1.54, 1.807) is 6.92 Å². The number of aromatic carboxylic acids is 1. The van der Waals surface area contributed by atoms with Crippen molar-refractivity contribution in [2.75, 3.05) is 4.72 Å². The van der Waals surface area contributed by atoms with Gasteiger partial charge < -0.3 is 5.11 Å². The highest BCUT2D eigenvalue weighted by atomic mass is 32.2. The molecule has 0 heterocycles. The van der Waals surface area contributed by atoms with Crippen molar-refractivity contribution < 1.29 is 18.3 Å². The molecule has 0 saturated heterocycles. The summed E-state index contributed by atoms with van der Waals surface area (Å²) < 4.78 is 28.0. The molecule has 0 bridgehead atoms. The van der Waals surface area contributed by atoms with Gasteiger partial charge in [-0.15, -0.1) is 0 Å². The van der Waals surface area contributed by atoms with Crippen molar-refractivity contribution in [2.45, 2.75) is 32.1 Å². The second-order valence-corrected chi connectivity index (χ2v) is 7.00. The third-order valence-corrected chi connectivity index (χ3v) is 5.19. The Morgan fingerprint density at radius 2 is 1.83 bits per heavy atom. The summed E-state index contributed by atoms with van der Waals surface area (Å²) in [6.45, 7) is 5.42. The fourth-order valence-corrected chi connectivity index (χ4v) is 3.83. The number of hydrogen-bond donors (Lipinski definition) is 2. The van der Waals surface area contributed by atoms with E-state index in [2.05, 4.69) is 4.72 Å². The van der Waals surface area contributed by atoms with E-state index < -0.39 is 16.0 Å². The van der Waals surface area contributed by atoms with E-state index in [9.17, 15) is 13.2 Å². The van der Waals surface area contributed by atoms with Crippen LogP contribution in [0, 0.1) is 13.8 Å². The van der Waals surface area contributed by atoms with Crippen LogP contribution in [-0.4, -0.2) is 19.5 Å². The summed E-state index contributed by atoms with van der Waals surface area (Å²) in [5.41, 5.74) is 2.70. The van der Waals surface area contributed by atoms with Gasteiger partial charge in [0, 0.05) is 0 Å². The first-order valence-corrected chi connectivity index (χ1v) is 8.70. The maximum Gasteiger partial charge on any atom is 0.335 e. The molecule has 0 aliphatic rings. The smallest absolute Gasteiger partial charge is 0.335 e. The van der Waals surface area contributed by atoms with E-state index in [4.69, 9.17) is 5.11 Å². The molecule has 0 aromatic heterocycles. The number of hydrogen-bond acceptors (Lipinski definition) is 3. The maximum absolute atomic E-state index is 12.7. The Hall–Kier alpha value is -2.34. The largest absolute Gasteiger partial charge is 0.478 e. The summed E-state index contributed by atoms with van der Waals surface area (Å²) in [6.07, 6.45) is 0.688. The van der Waals surface area contributed by atoms with Crippen LogP contribution in [0.2, 0.25) is 0 Å². The number of anilines is 1. The molecule has 0 unspecified atom stereocenters. The Morgan fingerprint density at radius 3 is 2.43 bits per heavy atom. The van der Waals surface area contributed by atoms with Gasteiger partial charge in [0.1, 0.15) is 0 Å². The van der Waals surface area contributed by atoms with Gasteiger partial charge in [0.05, 0.1) is 16.1 Å². The fourth-order valence-electron chi connectivity index (χ4n) is 2.38. The van der Waals surface area contributed by atoms with Crippen LogP contribution in [0.5, 0.6) is 0 Å². The number of carbonyl (C=O) groups is 1. The van der Waals surface area contributed by atoms with E-state index in [-0.39, 0.29) is 10.5 Å². The molecule has 2 aromatic rings. The van der Waals surface area contributed by atoms with Crippen LogP contribution in [0.3, 0.4) is 0 Å². The molecule has 0 spiro atoms. The van der Waals surface area contributed by atoms with Crippen molar-refractivity contribution in [3.8, 4) is 0 Å². The molecule has 2 rings (SSSR count). The first kappa shape index (κ1) is 17.0. The van der Waals surface area contributed by atoms with E-state index in [1.165, 1.54) is 18.2 Å². The zero-order valence-corrected chi connectivity index (χ0v) is 14.1. The van der Waals surface area contributed by atoms with Gasteiger partial charge in [-0.1, -0.05) is 31.2 Å². The molecule has 0 aliphatic carbocycles. The SMILES string of the molecule is CCc1cccc(C)c1NS(=O)(=O)c1cc(C(=O)O)ccc1C. The number of para-hydroxylation sites is 1. The van der Waals surface area contributed by atoms with Crippen molar-refractivity contribution in [1.29, 1.82) is 0 Å². The van der Waals surface area contributed by atoms with Gasteiger partial charge in [-0.3, -0.25) is 4.72 Å². The average molecular weight is 333 g/mol. The second-order valence-electron chi connectivity index (χ2n) is 5.35. The summed E-state index contributed by atoms with van der Waals surface area (Å²) >= 11 is 0. The Morgan fingerprint density at radius 1 is 1.13 bits per heavy atom. The minimum atomic E-state index is -3.87. The van der Waals surface area contributed by atoms with Crippen LogP contribution in [0.1, 0.15) is 34.0 Å². The zero-order chi connectivity index (χ0) is 17.2. The lowest BCUT2D eigenvalue weighted by molar-refractivity contribution is 0.0696. The van der Waals surface area contributed by atoms with Crippen molar-refractivity contribution in [1.82, 2.24) is 0 Å². The highest BCUT2D eigenvalue weighted by Gasteiger charge is 2.21. The molecule has 2 aromatic carbocycles. The molecule has 2 N–H and O–H groups in total. The fraction of sp³-hybridized carbons (Fsp3) is 0.235. The Labute approximate surface area is 136 Å². The average Bonchev–Trinajstić information content (AvgIpc) is 2.49. The maximum atomic E-state index is 12.7. The normalized spacial score (nSPS) is 11.3. The quantitative estimate of drug-likeness (QED) is 0.879. The number of aryl methyl sites for hydroxylation is 3. The first-order valence-electron chi connectivity index (χ1n) is 7.21. The van der Waals surface area contributed by atoms with E-state index in [0.29, 0.717) is 17.7 Å². The standard InChI is InChI=1S/C17H19NO4S/c1-4-13-7-5-6-12(3)16(13)18-23(21,22)15-10-14(17(19)20)9-8-11(15)2/h5-10,18H,4H2,1-3H3,(H,19,20). The van der Waals surface area contributed by atoms with Gasteiger partial charge in [0.2, 0.25) is 0 Å². The Bertz CT molecular complexity index is 857. The van der Waals surface area contributed by atoms with E-state index >= 15 is 0 Å². The van der Waals surface area contributed by atoms with Crippen molar-refractivity contribution in [3.05, 3.63) is 58.7 Å². The predicted molar refractivity (Wildman–Crippen MR) is 89.5 cm³/mol. The minimum Gasteiger partial charge on any atom is -0.478 e. The number of benzene rings is 2. The molecule has 122 valence electrons. The van der Waals surface area contributed by atoms with E-state index in [1.807, 2.05) is 32.0 Å². The number of carboxylic acids is 1. The van der Waals surface area contributed by atoms with Crippen LogP contribution in [-0.2, 0) is 16.4 Å². The summed E-state index contributed by atoms with van der Waals surface area (Å²) in [7, 11) is -3.87. The molecule has 6 heteroatoms. The number of rotatable bonds is 5. The number of carboxylic acid groups (broad SMARTS) is 1. The van der Waals surface area contributed by atoms with Crippen LogP contribution < -0.4 is 4.72 Å². The lowest BCUT2D eigenvalue weighted by Crippen LogP contribution is -2.17. The predicted octanol–water partition coefficient (Wildman–Crippen LogP) is 3.36. The van der Waals surface area contributed by atoms with Gasteiger partial charge in [0.25, 0.3) is 10.0 Å². The van der Waals surface area contributed by atoms with Crippen molar-refractivity contribution in [3.63, 3.8) is 0 Å². The summed E-state index contributed by atoms with van der Waals surface area (Å²) in [5, 5.41) is 9.07. The zero-order valence-electron chi connectivity index (χ0n) is 13.3. The van der Waals surface area contributed by atoms with Gasteiger partial charge in [0.15, 0.2) is 0 Å². The van der Waals surface area contributed by atoms with Crippen LogP contribution in [0.4, 0.5) is 5.69 Å². The topological polar surface area (TPSA) is 83.5 Å². The minimum absolute atomic E-state index is 0.0253. The summed E-state index contributed by atoms with van der Waals surface area (Å²) in [5.74, 6) is -1.16. The van der Waals surface area contributed by atoms with Gasteiger partial charge >= 0.3 is 5.97 Å². The molecule has 0 fully saturated rings. The summed E-state index contributed by atoms with van der Waals surface area (Å²) in [4.78, 5) is 11.1. The lowest BCUT2D eigenvalue weighted by Gasteiger charge is -2.16. The first-order chi connectivity index (χ1) is 10.8. The Balaban J connectivity index is 2.52. The van der Waals surface area contributed by atoms with Crippen LogP contribution in [0.15, 0.2) is 41.3 Å². The van der Waals surface area contributed by atoms with Crippen molar-refractivity contribution in [2.24, 2.45) is 0 Å².